The number of rotatable bonds is 5. The molecule has 3 aromatic rings. The van der Waals surface area contributed by atoms with Crippen molar-refractivity contribution in [2.45, 2.75) is 6.36 Å². The normalized spacial score (nSPS) is 11.3. The van der Waals surface area contributed by atoms with Crippen LogP contribution in [0.5, 0.6) is 17.2 Å². The molecule has 5 nitrogen and oxygen atoms in total. The minimum absolute atomic E-state index is 0.296. The lowest BCUT2D eigenvalue weighted by molar-refractivity contribution is -0.274. The van der Waals surface area contributed by atoms with Crippen molar-refractivity contribution in [3.63, 3.8) is 0 Å². The summed E-state index contributed by atoms with van der Waals surface area (Å²) in [7, 11) is 3.05. The molecule has 0 aliphatic carbocycles. The third kappa shape index (κ3) is 3.74. The van der Waals surface area contributed by atoms with E-state index in [1.54, 1.807) is 41.2 Å². The van der Waals surface area contributed by atoms with Gasteiger partial charge in [0.15, 0.2) is 11.5 Å². The number of alkyl halides is 3. The second-order valence-electron chi connectivity index (χ2n) is 5.24. The van der Waals surface area contributed by atoms with Crippen LogP contribution in [0.25, 0.3) is 16.9 Å². The fourth-order valence-electron chi connectivity index (χ4n) is 2.54. The van der Waals surface area contributed by atoms with E-state index < -0.39 is 6.36 Å². The fraction of sp³-hybridized carbons (Fsp3) is 0.167. The van der Waals surface area contributed by atoms with Crippen LogP contribution in [0.2, 0.25) is 0 Å². The molecule has 3 rings (SSSR count). The average molecular weight is 364 g/mol. The predicted octanol–water partition coefficient (Wildman–Crippen LogP) is 4.46. The molecule has 1 aromatic heterocycles. The van der Waals surface area contributed by atoms with Gasteiger partial charge in [0.1, 0.15) is 5.75 Å². The molecule has 0 fully saturated rings. The van der Waals surface area contributed by atoms with Crippen LogP contribution in [0, 0.1) is 0 Å². The fourth-order valence-corrected chi connectivity index (χ4v) is 2.54. The summed E-state index contributed by atoms with van der Waals surface area (Å²) in [5.41, 5.74) is 1.80. The maximum absolute atomic E-state index is 12.4. The highest BCUT2D eigenvalue weighted by atomic mass is 19.4. The molecule has 8 heteroatoms. The van der Waals surface area contributed by atoms with Crippen LogP contribution in [0.15, 0.2) is 54.7 Å². The van der Waals surface area contributed by atoms with Crippen molar-refractivity contribution >= 4 is 0 Å². The highest BCUT2D eigenvalue weighted by Crippen LogP contribution is 2.32. The Morgan fingerprint density at radius 1 is 0.923 bits per heavy atom. The minimum Gasteiger partial charge on any atom is -0.493 e. The smallest absolute Gasteiger partial charge is 0.493 e. The summed E-state index contributed by atoms with van der Waals surface area (Å²) in [6.07, 6.45) is -3.19. The van der Waals surface area contributed by atoms with Gasteiger partial charge in [-0.3, -0.25) is 0 Å². The maximum atomic E-state index is 12.4. The number of halogens is 3. The molecule has 0 amide bonds. The maximum Gasteiger partial charge on any atom is 0.573 e. The third-order valence-electron chi connectivity index (χ3n) is 3.62. The molecule has 136 valence electrons. The number of methoxy groups -OCH3 is 2. The predicted molar refractivity (Wildman–Crippen MR) is 88.8 cm³/mol. The molecule has 0 aliphatic rings. The zero-order valence-corrected chi connectivity index (χ0v) is 13.9. The first kappa shape index (κ1) is 17.7. The lowest BCUT2D eigenvalue weighted by atomic mass is 10.1. The van der Waals surface area contributed by atoms with Gasteiger partial charge in [0, 0.05) is 11.6 Å². The van der Waals surface area contributed by atoms with E-state index in [-0.39, 0.29) is 5.75 Å². The van der Waals surface area contributed by atoms with Crippen LogP contribution in [-0.4, -0.2) is 30.4 Å². The molecule has 1 heterocycles. The topological polar surface area (TPSA) is 45.5 Å². The number of aromatic nitrogens is 2. The number of nitrogens with zero attached hydrogens (tertiary/aromatic N) is 2. The minimum atomic E-state index is -4.75. The van der Waals surface area contributed by atoms with Crippen molar-refractivity contribution in [3.8, 4) is 34.2 Å². The average Bonchev–Trinajstić information content (AvgIpc) is 3.09. The number of hydrogen-bond donors (Lipinski definition) is 0. The lowest BCUT2D eigenvalue weighted by Gasteiger charge is -2.13. The zero-order valence-electron chi connectivity index (χ0n) is 13.9. The summed E-state index contributed by atoms with van der Waals surface area (Å²) in [4.78, 5) is 0. The van der Waals surface area contributed by atoms with E-state index in [1.807, 2.05) is 0 Å². The molecule has 0 saturated carbocycles. The first-order valence-corrected chi connectivity index (χ1v) is 7.54. The summed E-state index contributed by atoms with van der Waals surface area (Å²) in [5, 5.41) is 4.26. The Balaban J connectivity index is 2.01. The Hall–Kier alpha value is -3.16. The Morgan fingerprint density at radius 2 is 1.69 bits per heavy atom. The van der Waals surface area contributed by atoms with Crippen molar-refractivity contribution in [3.05, 3.63) is 54.7 Å². The molecule has 0 spiro atoms. The quantitative estimate of drug-likeness (QED) is 0.671. The highest BCUT2D eigenvalue weighted by Gasteiger charge is 2.31. The second-order valence-corrected chi connectivity index (χ2v) is 5.24. The van der Waals surface area contributed by atoms with Crippen LogP contribution in [-0.2, 0) is 0 Å². The number of benzene rings is 2. The van der Waals surface area contributed by atoms with Gasteiger partial charge in [-0.15, -0.1) is 13.2 Å². The van der Waals surface area contributed by atoms with Crippen LogP contribution in [0.4, 0.5) is 13.2 Å². The third-order valence-corrected chi connectivity index (χ3v) is 3.62. The van der Waals surface area contributed by atoms with E-state index in [2.05, 4.69) is 9.84 Å². The molecular weight excluding hydrogens is 349 g/mol. The van der Waals surface area contributed by atoms with Crippen molar-refractivity contribution in [2.24, 2.45) is 0 Å². The van der Waals surface area contributed by atoms with Gasteiger partial charge in [-0.1, -0.05) is 12.1 Å². The summed E-state index contributed by atoms with van der Waals surface area (Å²) in [5.74, 6) is 0.779. The van der Waals surface area contributed by atoms with Gasteiger partial charge in [-0.25, -0.2) is 4.68 Å². The summed E-state index contributed by atoms with van der Waals surface area (Å²) in [6.45, 7) is 0. The summed E-state index contributed by atoms with van der Waals surface area (Å²) in [6, 6.07) is 12.6. The van der Waals surface area contributed by atoms with E-state index in [4.69, 9.17) is 9.47 Å². The SMILES string of the molecule is COc1ccc(-n2nccc2-c2cccc(OC(F)(F)F)c2)cc1OC. The Labute approximate surface area is 147 Å². The van der Waals surface area contributed by atoms with Crippen molar-refractivity contribution in [1.29, 1.82) is 0 Å². The van der Waals surface area contributed by atoms with E-state index >= 15 is 0 Å². The van der Waals surface area contributed by atoms with Crippen molar-refractivity contribution < 1.29 is 27.4 Å². The Morgan fingerprint density at radius 3 is 2.38 bits per heavy atom. The van der Waals surface area contributed by atoms with Crippen molar-refractivity contribution in [2.75, 3.05) is 14.2 Å². The van der Waals surface area contributed by atoms with E-state index in [0.29, 0.717) is 28.4 Å². The largest absolute Gasteiger partial charge is 0.573 e. The standard InChI is InChI=1S/C18H15F3N2O3/c1-24-16-7-6-13(11-17(16)25-2)23-15(8-9-22-23)12-4-3-5-14(10-12)26-18(19,20)21/h3-11H,1-2H3. The highest BCUT2D eigenvalue weighted by molar-refractivity contribution is 5.64. The summed E-state index contributed by atoms with van der Waals surface area (Å²) >= 11 is 0. The molecular formula is C18H15F3N2O3. The van der Waals surface area contributed by atoms with Crippen LogP contribution in [0.1, 0.15) is 0 Å². The number of ether oxygens (including phenoxy) is 3. The van der Waals surface area contributed by atoms with Gasteiger partial charge in [0.05, 0.1) is 31.8 Å². The van der Waals surface area contributed by atoms with Crippen LogP contribution < -0.4 is 14.2 Å². The molecule has 0 atom stereocenters. The van der Waals surface area contributed by atoms with Crippen molar-refractivity contribution in [1.82, 2.24) is 9.78 Å². The Kier molecular flexibility index (Phi) is 4.75. The first-order chi connectivity index (χ1) is 12.4. The van der Waals surface area contributed by atoms with Gasteiger partial charge in [0.2, 0.25) is 0 Å². The molecule has 0 radical (unpaired) electrons. The van der Waals surface area contributed by atoms with E-state index in [9.17, 15) is 13.2 Å². The molecule has 0 N–H and O–H groups in total. The summed E-state index contributed by atoms with van der Waals surface area (Å²) < 4.78 is 53.4. The monoisotopic (exact) mass is 364 g/mol. The van der Waals surface area contributed by atoms with Gasteiger partial charge >= 0.3 is 6.36 Å². The molecule has 2 aromatic carbocycles. The molecule has 0 bridgehead atoms. The number of hydrogen-bond acceptors (Lipinski definition) is 4. The van der Waals surface area contributed by atoms with E-state index in [1.165, 1.54) is 32.4 Å². The van der Waals surface area contributed by atoms with Crippen LogP contribution in [0.3, 0.4) is 0 Å². The van der Waals surface area contributed by atoms with Crippen LogP contribution >= 0.6 is 0 Å². The first-order valence-electron chi connectivity index (χ1n) is 7.54. The molecule has 0 aliphatic heterocycles. The molecule has 0 unspecified atom stereocenters. The van der Waals surface area contributed by atoms with Gasteiger partial charge in [0.25, 0.3) is 0 Å². The van der Waals surface area contributed by atoms with Gasteiger partial charge < -0.3 is 14.2 Å². The Bertz CT molecular complexity index is 907. The van der Waals surface area contributed by atoms with Gasteiger partial charge in [-0.2, -0.15) is 5.10 Å². The lowest BCUT2D eigenvalue weighted by Crippen LogP contribution is -2.17. The van der Waals surface area contributed by atoms with E-state index in [0.717, 1.165) is 0 Å². The van der Waals surface area contributed by atoms with Gasteiger partial charge in [-0.05, 0) is 30.3 Å². The molecule has 0 saturated heterocycles. The zero-order chi connectivity index (χ0) is 18.7. The second kappa shape index (κ2) is 6.99. The molecule has 26 heavy (non-hydrogen) atoms.